The Morgan fingerprint density at radius 1 is 0.880 bits per heavy atom. The van der Waals surface area contributed by atoms with Gasteiger partial charge in [0.05, 0.1) is 10.5 Å². The third-order valence-corrected chi connectivity index (χ3v) is 4.73. The summed E-state index contributed by atoms with van der Waals surface area (Å²) in [6, 6.07) is 5.58. The van der Waals surface area contributed by atoms with Crippen LogP contribution in [-0.2, 0) is 20.2 Å². The quantitative estimate of drug-likeness (QED) is 0.374. The van der Waals surface area contributed by atoms with Gasteiger partial charge in [-0.2, -0.15) is 16.8 Å². The number of nitrogens with one attached hydrogen (secondary N) is 1. The molecule has 0 atom stereocenters. The predicted molar refractivity (Wildman–Crippen MR) is 83.8 cm³/mol. The highest BCUT2D eigenvalue weighted by Crippen LogP contribution is 2.31. The molecule has 10 nitrogen and oxygen atoms in total. The molecule has 0 saturated carbocycles. The number of hydrogen-bond donors (Lipinski definition) is 5. The van der Waals surface area contributed by atoms with Crippen LogP contribution in [0.5, 0.6) is 11.5 Å². The van der Waals surface area contributed by atoms with Gasteiger partial charge in [0, 0.05) is 11.8 Å². The summed E-state index contributed by atoms with van der Waals surface area (Å²) in [5.41, 5.74) is -0.597. The predicted octanol–water partition coefficient (Wildman–Crippen LogP) is 0.843. The first kappa shape index (κ1) is 18.7. The SMILES string of the molecule is O=C(Nc1ccc(S(=O)(=O)O)cc1)c1cc(O)cc(S(=O)(=O)O)c1O. The van der Waals surface area contributed by atoms with Crippen LogP contribution in [0.4, 0.5) is 5.69 Å². The van der Waals surface area contributed by atoms with E-state index in [0.29, 0.717) is 6.07 Å². The highest BCUT2D eigenvalue weighted by atomic mass is 32.2. The number of phenols is 2. The molecular formula is C13H11NO9S2. The molecule has 0 aromatic heterocycles. The number of phenolic OH excluding ortho intramolecular Hbond substituents is 2. The molecule has 0 radical (unpaired) electrons. The number of aromatic hydroxyl groups is 2. The average molecular weight is 389 g/mol. The third-order valence-electron chi connectivity index (χ3n) is 2.99. The lowest BCUT2D eigenvalue weighted by Crippen LogP contribution is -2.13. The first-order valence-electron chi connectivity index (χ1n) is 6.32. The van der Waals surface area contributed by atoms with Gasteiger partial charge >= 0.3 is 0 Å². The van der Waals surface area contributed by atoms with E-state index < -0.39 is 53.0 Å². The van der Waals surface area contributed by atoms with Gasteiger partial charge < -0.3 is 15.5 Å². The first-order chi connectivity index (χ1) is 11.4. The highest BCUT2D eigenvalue weighted by Gasteiger charge is 2.23. The van der Waals surface area contributed by atoms with Crippen molar-refractivity contribution in [1.82, 2.24) is 0 Å². The number of hydrogen-bond acceptors (Lipinski definition) is 7. The largest absolute Gasteiger partial charge is 0.508 e. The fourth-order valence-corrected chi connectivity index (χ4v) is 2.98. The fourth-order valence-electron chi connectivity index (χ4n) is 1.87. The third kappa shape index (κ3) is 4.24. The van der Waals surface area contributed by atoms with Crippen molar-refractivity contribution in [3.05, 3.63) is 42.0 Å². The second kappa shape index (κ2) is 6.33. The van der Waals surface area contributed by atoms with Crippen molar-refractivity contribution in [2.75, 3.05) is 5.32 Å². The molecule has 12 heteroatoms. The van der Waals surface area contributed by atoms with Gasteiger partial charge in [-0.1, -0.05) is 0 Å². The van der Waals surface area contributed by atoms with Crippen LogP contribution in [0.1, 0.15) is 10.4 Å². The highest BCUT2D eigenvalue weighted by molar-refractivity contribution is 7.86. The number of anilines is 1. The maximum atomic E-state index is 12.1. The summed E-state index contributed by atoms with van der Waals surface area (Å²) < 4.78 is 62.0. The Morgan fingerprint density at radius 2 is 1.44 bits per heavy atom. The van der Waals surface area contributed by atoms with Gasteiger partial charge in [-0.05, 0) is 30.3 Å². The second-order valence-corrected chi connectivity index (χ2v) is 7.58. The summed E-state index contributed by atoms with van der Waals surface area (Å²) in [5, 5.41) is 21.5. The van der Waals surface area contributed by atoms with E-state index in [1.54, 1.807) is 0 Å². The van der Waals surface area contributed by atoms with E-state index >= 15 is 0 Å². The normalized spacial score (nSPS) is 11.9. The Morgan fingerprint density at radius 3 is 1.92 bits per heavy atom. The molecule has 0 aliphatic rings. The van der Waals surface area contributed by atoms with Gasteiger partial charge in [-0.25, -0.2) is 0 Å². The van der Waals surface area contributed by atoms with Gasteiger partial charge in [0.2, 0.25) is 0 Å². The Balaban J connectivity index is 2.38. The van der Waals surface area contributed by atoms with Crippen LogP contribution in [0.2, 0.25) is 0 Å². The van der Waals surface area contributed by atoms with Gasteiger partial charge in [0.25, 0.3) is 26.1 Å². The van der Waals surface area contributed by atoms with Gasteiger partial charge in [-0.15, -0.1) is 0 Å². The standard InChI is InChI=1S/C13H11NO9S2/c15-8-5-10(12(16)11(6-8)25(21,22)23)13(17)14-7-1-3-9(4-2-7)24(18,19)20/h1-6,15-16H,(H,14,17)(H,18,19,20)(H,21,22,23). The van der Waals surface area contributed by atoms with E-state index in [-0.39, 0.29) is 5.69 Å². The van der Waals surface area contributed by atoms with Crippen molar-refractivity contribution in [3.63, 3.8) is 0 Å². The minimum Gasteiger partial charge on any atom is -0.508 e. The van der Waals surface area contributed by atoms with E-state index in [9.17, 15) is 31.8 Å². The summed E-state index contributed by atoms with van der Waals surface area (Å²) >= 11 is 0. The van der Waals surface area contributed by atoms with Crippen molar-refractivity contribution in [1.29, 1.82) is 0 Å². The molecule has 5 N–H and O–H groups in total. The van der Waals surface area contributed by atoms with E-state index in [4.69, 9.17) is 9.11 Å². The lowest BCUT2D eigenvalue weighted by molar-refractivity contribution is 0.102. The summed E-state index contributed by atoms with van der Waals surface area (Å²) in [6.45, 7) is 0. The van der Waals surface area contributed by atoms with Crippen LogP contribution < -0.4 is 5.32 Å². The van der Waals surface area contributed by atoms with Crippen LogP contribution in [0, 0.1) is 0 Å². The van der Waals surface area contributed by atoms with Gasteiger partial charge in [-0.3, -0.25) is 13.9 Å². The van der Waals surface area contributed by atoms with Crippen molar-refractivity contribution in [2.24, 2.45) is 0 Å². The average Bonchev–Trinajstić information content (AvgIpc) is 2.47. The zero-order valence-electron chi connectivity index (χ0n) is 12.1. The fraction of sp³-hybridized carbons (Fsp3) is 0. The molecule has 134 valence electrons. The number of carbonyl (C=O) groups excluding carboxylic acids is 1. The zero-order chi connectivity index (χ0) is 19.0. The van der Waals surface area contributed by atoms with Crippen LogP contribution in [0.15, 0.2) is 46.2 Å². The monoisotopic (exact) mass is 389 g/mol. The van der Waals surface area contributed by atoms with E-state index in [0.717, 1.165) is 30.3 Å². The molecule has 0 unspecified atom stereocenters. The molecule has 0 fully saturated rings. The molecule has 2 aromatic rings. The minimum atomic E-state index is -4.89. The molecule has 1 amide bonds. The molecule has 0 saturated heterocycles. The summed E-state index contributed by atoms with van der Waals surface area (Å²) in [5.74, 6) is -2.82. The Labute approximate surface area is 141 Å². The maximum Gasteiger partial charge on any atom is 0.298 e. The molecular weight excluding hydrogens is 378 g/mol. The Kier molecular flexibility index (Phi) is 4.72. The topological polar surface area (TPSA) is 178 Å². The lowest BCUT2D eigenvalue weighted by Gasteiger charge is -2.10. The number of amides is 1. The van der Waals surface area contributed by atoms with Crippen LogP contribution in [0.25, 0.3) is 0 Å². The molecule has 0 aliphatic heterocycles. The van der Waals surface area contributed by atoms with Crippen LogP contribution in [-0.4, -0.2) is 42.1 Å². The van der Waals surface area contributed by atoms with Crippen molar-refractivity contribution >= 4 is 31.8 Å². The van der Waals surface area contributed by atoms with Crippen molar-refractivity contribution < 1.29 is 40.9 Å². The van der Waals surface area contributed by atoms with Crippen molar-refractivity contribution in [3.8, 4) is 11.5 Å². The summed E-state index contributed by atoms with van der Waals surface area (Å²) in [4.78, 5) is 10.6. The summed E-state index contributed by atoms with van der Waals surface area (Å²) in [6.07, 6.45) is 0. The zero-order valence-corrected chi connectivity index (χ0v) is 13.7. The van der Waals surface area contributed by atoms with Crippen LogP contribution >= 0.6 is 0 Å². The van der Waals surface area contributed by atoms with E-state index in [1.165, 1.54) is 0 Å². The molecule has 25 heavy (non-hydrogen) atoms. The molecule has 2 rings (SSSR count). The number of carbonyl (C=O) groups is 1. The first-order valence-corrected chi connectivity index (χ1v) is 9.20. The van der Waals surface area contributed by atoms with Gasteiger partial charge in [0.1, 0.15) is 16.4 Å². The Hall–Kier alpha value is -2.67. The summed E-state index contributed by atoms with van der Waals surface area (Å²) in [7, 11) is -9.31. The second-order valence-electron chi connectivity index (χ2n) is 4.77. The van der Waals surface area contributed by atoms with E-state index in [1.807, 2.05) is 0 Å². The molecule has 0 aliphatic carbocycles. The molecule has 0 bridgehead atoms. The smallest absolute Gasteiger partial charge is 0.298 e. The van der Waals surface area contributed by atoms with Gasteiger partial charge in [0.15, 0.2) is 0 Å². The lowest BCUT2D eigenvalue weighted by atomic mass is 10.1. The number of rotatable bonds is 4. The van der Waals surface area contributed by atoms with Crippen molar-refractivity contribution in [2.45, 2.75) is 9.79 Å². The molecule has 2 aromatic carbocycles. The molecule has 0 spiro atoms. The molecule has 0 heterocycles. The maximum absolute atomic E-state index is 12.1. The minimum absolute atomic E-state index is 0.0496. The number of benzene rings is 2. The van der Waals surface area contributed by atoms with Crippen LogP contribution in [0.3, 0.4) is 0 Å². The van der Waals surface area contributed by atoms with E-state index in [2.05, 4.69) is 5.32 Å². The Bertz CT molecular complexity index is 1040.